The maximum absolute atomic E-state index is 12.9. The SMILES string of the molecule is CC(NC(=O)OC(C)(C)C)C(=O)NC1CCN(c2ccc(C(F)(F)F)cc2C#N)C1. The molecule has 1 aromatic carbocycles. The molecule has 1 saturated heterocycles. The molecule has 30 heavy (non-hydrogen) atoms. The van der Waals surface area contributed by atoms with E-state index in [2.05, 4.69) is 10.6 Å². The Kier molecular flexibility index (Phi) is 6.85. The number of anilines is 1. The van der Waals surface area contributed by atoms with E-state index in [9.17, 15) is 28.0 Å². The first-order valence-corrected chi connectivity index (χ1v) is 9.46. The summed E-state index contributed by atoms with van der Waals surface area (Å²) in [6, 6.07) is 3.76. The van der Waals surface area contributed by atoms with Crippen molar-refractivity contribution in [1.29, 1.82) is 5.26 Å². The van der Waals surface area contributed by atoms with Crippen LogP contribution in [-0.4, -0.2) is 42.8 Å². The molecule has 2 amide bonds. The van der Waals surface area contributed by atoms with Crippen LogP contribution in [0.1, 0.15) is 45.2 Å². The molecule has 1 aromatic rings. The molecule has 0 aliphatic carbocycles. The summed E-state index contributed by atoms with van der Waals surface area (Å²) < 4.78 is 43.7. The van der Waals surface area contributed by atoms with Gasteiger partial charge in [-0.25, -0.2) is 4.79 Å². The molecule has 0 saturated carbocycles. The number of hydrogen-bond acceptors (Lipinski definition) is 5. The standard InChI is InChI=1S/C20H25F3N4O3/c1-12(25-18(29)30-19(2,3)4)17(28)26-15-7-8-27(11-15)16-6-5-14(20(21,22)23)9-13(16)10-24/h5-6,9,12,15H,7-8,11H2,1-4H3,(H,25,29)(H,26,28). The second-order valence-electron chi connectivity index (χ2n) is 8.15. The van der Waals surface area contributed by atoms with Crippen molar-refractivity contribution in [2.24, 2.45) is 0 Å². The van der Waals surface area contributed by atoms with Crippen LogP contribution in [0.5, 0.6) is 0 Å². The number of hydrogen-bond donors (Lipinski definition) is 2. The van der Waals surface area contributed by atoms with E-state index < -0.39 is 35.4 Å². The van der Waals surface area contributed by atoms with Gasteiger partial charge in [0.25, 0.3) is 0 Å². The summed E-state index contributed by atoms with van der Waals surface area (Å²) in [5.74, 6) is -0.402. The third-order valence-electron chi connectivity index (χ3n) is 4.45. The third kappa shape index (κ3) is 6.27. The molecule has 2 rings (SSSR count). The zero-order chi connectivity index (χ0) is 22.7. The largest absolute Gasteiger partial charge is 0.444 e. The normalized spacial score (nSPS) is 17.8. The predicted molar refractivity (Wildman–Crippen MR) is 104 cm³/mol. The van der Waals surface area contributed by atoms with E-state index >= 15 is 0 Å². The highest BCUT2D eigenvalue weighted by atomic mass is 19.4. The van der Waals surface area contributed by atoms with Gasteiger partial charge >= 0.3 is 12.3 Å². The predicted octanol–water partition coefficient (Wildman–Crippen LogP) is 3.19. The van der Waals surface area contributed by atoms with Crippen molar-refractivity contribution in [3.63, 3.8) is 0 Å². The van der Waals surface area contributed by atoms with Crippen LogP contribution in [-0.2, 0) is 15.7 Å². The lowest BCUT2D eigenvalue weighted by Gasteiger charge is -2.23. The highest BCUT2D eigenvalue weighted by molar-refractivity contribution is 5.85. The fourth-order valence-corrected chi connectivity index (χ4v) is 3.05. The molecular formula is C20H25F3N4O3. The molecule has 0 bridgehead atoms. The van der Waals surface area contributed by atoms with Crippen LogP contribution < -0.4 is 15.5 Å². The van der Waals surface area contributed by atoms with Crippen LogP contribution in [0.4, 0.5) is 23.7 Å². The summed E-state index contributed by atoms with van der Waals surface area (Å²) in [6.07, 6.45) is -4.68. The van der Waals surface area contributed by atoms with Crippen molar-refractivity contribution in [2.75, 3.05) is 18.0 Å². The number of carbonyl (C=O) groups excluding carboxylic acids is 2. The minimum Gasteiger partial charge on any atom is -0.444 e. The molecule has 1 fully saturated rings. The van der Waals surface area contributed by atoms with Crippen LogP contribution in [0.3, 0.4) is 0 Å². The van der Waals surface area contributed by atoms with Crippen LogP contribution in [0.15, 0.2) is 18.2 Å². The molecule has 2 N–H and O–H groups in total. The highest BCUT2D eigenvalue weighted by Gasteiger charge is 2.33. The topological polar surface area (TPSA) is 94.5 Å². The van der Waals surface area contributed by atoms with Gasteiger partial charge in [0, 0.05) is 19.1 Å². The van der Waals surface area contributed by atoms with Crippen LogP contribution in [0, 0.1) is 11.3 Å². The number of alkyl halides is 3. The monoisotopic (exact) mass is 426 g/mol. The molecule has 10 heteroatoms. The molecular weight excluding hydrogens is 401 g/mol. The molecule has 164 valence electrons. The van der Waals surface area contributed by atoms with Crippen molar-refractivity contribution >= 4 is 17.7 Å². The Morgan fingerprint density at radius 2 is 1.97 bits per heavy atom. The molecule has 1 aliphatic heterocycles. The average Bonchev–Trinajstić information content (AvgIpc) is 3.06. The van der Waals surface area contributed by atoms with E-state index in [1.54, 1.807) is 25.7 Å². The Hall–Kier alpha value is -2.96. The third-order valence-corrected chi connectivity index (χ3v) is 4.45. The second-order valence-corrected chi connectivity index (χ2v) is 8.15. The Labute approximate surface area is 173 Å². The smallest absolute Gasteiger partial charge is 0.416 e. The molecule has 1 heterocycles. The van der Waals surface area contributed by atoms with Gasteiger partial charge in [0.15, 0.2) is 0 Å². The highest BCUT2D eigenvalue weighted by Crippen LogP contribution is 2.33. The number of carbonyl (C=O) groups is 2. The van der Waals surface area contributed by atoms with Gasteiger partial charge in [-0.05, 0) is 52.3 Å². The zero-order valence-electron chi connectivity index (χ0n) is 17.3. The number of nitrogens with zero attached hydrogens (tertiary/aromatic N) is 2. The maximum Gasteiger partial charge on any atom is 0.416 e. The van der Waals surface area contributed by atoms with Crippen molar-refractivity contribution in [1.82, 2.24) is 10.6 Å². The first kappa shape index (κ1) is 23.3. The number of alkyl carbamates (subject to hydrolysis) is 1. The lowest BCUT2D eigenvalue weighted by Crippen LogP contribution is -2.49. The van der Waals surface area contributed by atoms with Crippen molar-refractivity contribution < 1.29 is 27.5 Å². The number of benzene rings is 1. The minimum absolute atomic E-state index is 0.0724. The molecule has 1 aliphatic rings. The quantitative estimate of drug-likeness (QED) is 0.771. The number of rotatable bonds is 4. The van der Waals surface area contributed by atoms with Crippen LogP contribution in [0.25, 0.3) is 0 Å². The summed E-state index contributed by atoms with van der Waals surface area (Å²) in [7, 11) is 0. The Morgan fingerprint density at radius 3 is 2.53 bits per heavy atom. The Morgan fingerprint density at radius 1 is 1.30 bits per heavy atom. The number of amides is 2. The van der Waals surface area contributed by atoms with E-state index in [-0.39, 0.29) is 11.6 Å². The fraction of sp³-hybridized carbons (Fsp3) is 0.550. The molecule has 0 spiro atoms. The Balaban J connectivity index is 1.97. The van der Waals surface area contributed by atoms with Crippen molar-refractivity contribution in [3.05, 3.63) is 29.3 Å². The maximum atomic E-state index is 12.9. The van der Waals surface area contributed by atoms with E-state index in [4.69, 9.17) is 4.74 Å². The number of halogens is 3. The minimum atomic E-state index is -4.52. The average molecular weight is 426 g/mol. The number of ether oxygens (including phenoxy) is 1. The first-order chi connectivity index (χ1) is 13.8. The van der Waals surface area contributed by atoms with Gasteiger partial charge in [-0.15, -0.1) is 0 Å². The second kappa shape index (κ2) is 8.81. The molecule has 2 unspecified atom stereocenters. The summed E-state index contributed by atoms with van der Waals surface area (Å²) in [5.41, 5.74) is -1.25. The van der Waals surface area contributed by atoms with Gasteiger partial charge in [0.1, 0.15) is 17.7 Å². The van der Waals surface area contributed by atoms with E-state index in [0.29, 0.717) is 25.2 Å². The van der Waals surface area contributed by atoms with Crippen molar-refractivity contribution in [3.8, 4) is 6.07 Å². The lowest BCUT2D eigenvalue weighted by molar-refractivity contribution is -0.137. The van der Waals surface area contributed by atoms with Crippen LogP contribution in [0.2, 0.25) is 0 Å². The first-order valence-electron chi connectivity index (χ1n) is 9.46. The summed E-state index contributed by atoms with van der Waals surface area (Å²) in [4.78, 5) is 25.9. The van der Waals surface area contributed by atoms with Gasteiger partial charge in [-0.2, -0.15) is 18.4 Å². The van der Waals surface area contributed by atoms with Gasteiger partial charge in [0.05, 0.1) is 16.8 Å². The summed E-state index contributed by atoms with van der Waals surface area (Å²) in [5, 5.41) is 14.5. The lowest BCUT2D eigenvalue weighted by atomic mass is 10.1. The van der Waals surface area contributed by atoms with Gasteiger partial charge < -0.3 is 20.3 Å². The van der Waals surface area contributed by atoms with Gasteiger partial charge in [-0.3, -0.25) is 4.79 Å². The van der Waals surface area contributed by atoms with E-state index in [1.165, 1.54) is 13.0 Å². The van der Waals surface area contributed by atoms with E-state index in [0.717, 1.165) is 12.1 Å². The molecule has 0 radical (unpaired) electrons. The van der Waals surface area contributed by atoms with Crippen LogP contribution >= 0.6 is 0 Å². The Bertz CT molecular complexity index is 843. The van der Waals surface area contributed by atoms with Crippen molar-refractivity contribution in [2.45, 2.75) is 58.0 Å². The number of nitrogens with one attached hydrogen (secondary N) is 2. The molecule has 2 atom stereocenters. The van der Waals surface area contributed by atoms with E-state index in [1.807, 2.05) is 6.07 Å². The zero-order valence-corrected chi connectivity index (χ0v) is 17.3. The molecule has 0 aromatic heterocycles. The number of nitriles is 1. The van der Waals surface area contributed by atoms with Gasteiger partial charge in [-0.1, -0.05) is 0 Å². The van der Waals surface area contributed by atoms with Gasteiger partial charge in [0.2, 0.25) is 5.91 Å². The fourth-order valence-electron chi connectivity index (χ4n) is 3.05. The summed E-state index contributed by atoms with van der Waals surface area (Å²) >= 11 is 0. The summed E-state index contributed by atoms with van der Waals surface area (Å²) in [6.45, 7) is 7.46. The molecule has 7 nitrogen and oxygen atoms in total.